The molecule has 0 aliphatic carbocycles. The molecule has 0 radical (unpaired) electrons. The van der Waals surface area contributed by atoms with E-state index in [2.05, 4.69) is 22.6 Å². The van der Waals surface area contributed by atoms with E-state index in [0.717, 1.165) is 12.8 Å². The number of nitrogens with zero attached hydrogens (tertiary/aromatic N) is 1. The minimum Gasteiger partial charge on any atom is -0.481 e. The molecule has 2 fully saturated rings. The average Bonchev–Trinajstić information content (AvgIpc) is 2.27. The third-order valence-electron chi connectivity index (χ3n) is 4.72. The number of urea groups is 1. The summed E-state index contributed by atoms with van der Waals surface area (Å²) in [6, 6.07) is 1.07. The van der Waals surface area contributed by atoms with E-state index in [1.165, 1.54) is 19.3 Å². The van der Waals surface area contributed by atoms with Gasteiger partial charge in [-0.2, -0.15) is 0 Å². The van der Waals surface area contributed by atoms with E-state index in [0.29, 0.717) is 12.1 Å². The van der Waals surface area contributed by atoms with Gasteiger partial charge in [0.05, 0.1) is 6.42 Å². The highest BCUT2D eigenvalue weighted by atomic mass is 16.4. The summed E-state index contributed by atoms with van der Waals surface area (Å²) >= 11 is 0. The Balaban J connectivity index is 1.84. The van der Waals surface area contributed by atoms with Gasteiger partial charge in [0.15, 0.2) is 0 Å². The number of carbonyl (C=O) groups is 2. The Morgan fingerprint density at radius 2 is 1.81 bits per heavy atom. The van der Waals surface area contributed by atoms with Crippen molar-refractivity contribution in [2.24, 2.45) is 0 Å². The molecule has 0 aromatic heterocycles. The molecule has 2 atom stereocenters. The molecular formula is C15H27N3O3. The van der Waals surface area contributed by atoms with Gasteiger partial charge in [-0.25, -0.2) is 4.79 Å². The average molecular weight is 297 g/mol. The fourth-order valence-corrected chi connectivity index (χ4v) is 3.68. The second-order valence-electron chi connectivity index (χ2n) is 7.13. The normalized spacial score (nSPS) is 29.8. The second-order valence-corrected chi connectivity index (χ2v) is 7.13. The standard InChI is InChI=1S/C15H27N3O3/c1-15(2,9-13(19)20)17-14(21)16-10-7-11-5-4-6-12(8-10)18(11)3/h10-12H,4-9H2,1-3H3,(H,19,20)(H2,16,17,21). The number of rotatable bonds is 4. The quantitative estimate of drug-likeness (QED) is 0.735. The zero-order valence-corrected chi connectivity index (χ0v) is 13.2. The summed E-state index contributed by atoms with van der Waals surface area (Å²) < 4.78 is 0. The molecule has 2 heterocycles. The molecule has 0 aromatic carbocycles. The van der Waals surface area contributed by atoms with Gasteiger partial charge in [-0.1, -0.05) is 6.42 Å². The van der Waals surface area contributed by atoms with E-state index in [1.54, 1.807) is 13.8 Å². The number of carboxylic acid groups (broad SMARTS) is 1. The number of fused-ring (bicyclic) bond motifs is 2. The largest absolute Gasteiger partial charge is 0.481 e. The van der Waals surface area contributed by atoms with E-state index in [1.807, 2.05) is 0 Å². The van der Waals surface area contributed by atoms with Crippen molar-refractivity contribution in [1.82, 2.24) is 15.5 Å². The third kappa shape index (κ3) is 4.33. The summed E-state index contributed by atoms with van der Waals surface area (Å²) in [6.45, 7) is 3.45. The highest BCUT2D eigenvalue weighted by Gasteiger charge is 2.36. The van der Waals surface area contributed by atoms with Crippen molar-refractivity contribution in [3.63, 3.8) is 0 Å². The smallest absolute Gasteiger partial charge is 0.315 e. The molecule has 2 amide bonds. The Kier molecular flexibility index (Phi) is 4.76. The maximum Gasteiger partial charge on any atom is 0.315 e. The summed E-state index contributed by atoms with van der Waals surface area (Å²) in [5.41, 5.74) is -0.739. The number of hydrogen-bond donors (Lipinski definition) is 3. The molecule has 2 unspecified atom stereocenters. The van der Waals surface area contributed by atoms with Gasteiger partial charge in [0, 0.05) is 23.7 Å². The maximum atomic E-state index is 12.1. The van der Waals surface area contributed by atoms with Crippen LogP contribution in [0.2, 0.25) is 0 Å². The monoisotopic (exact) mass is 297 g/mol. The summed E-state index contributed by atoms with van der Waals surface area (Å²) in [4.78, 5) is 25.3. The summed E-state index contributed by atoms with van der Waals surface area (Å²) in [5, 5.41) is 14.6. The molecule has 2 saturated heterocycles. The van der Waals surface area contributed by atoms with E-state index in [9.17, 15) is 9.59 Å². The van der Waals surface area contributed by atoms with Crippen LogP contribution in [0.15, 0.2) is 0 Å². The first kappa shape index (κ1) is 16.1. The van der Waals surface area contributed by atoms with Gasteiger partial charge < -0.3 is 20.6 Å². The van der Waals surface area contributed by atoms with Gasteiger partial charge in [0.25, 0.3) is 0 Å². The van der Waals surface area contributed by atoms with Crippen molar-refractivity contribution >= 4 is 12.0 Å². The molecule has 2 aliphatic heterocycles. The van der Waals surface area contributed by atoms with Crippen LogP contribution in [0.25, 0.3) is 0 Å². The fourth-order valence-electron chi connectivity index (χ4n) is 3.68. The number of aliphatic carboxylic acids is 1. The molecule has 2 rings (SSSR count). The topological polar surface area (TPSA) is 81.7 Å². The Morgan fingerprint density at radius 1 is 1.24 bits per heavy atom. The summed E-state index contributed by atoms with van der Waals surface area (Å²) in [7, 11) is 2.18. The third-order valence-corrected chi connectivity index (χ3v) is 4.72. The fraction of sp³-hybridized carbons (Fsp3) is 0.867. The first-order valence-electron chi connectivity index (χ1n) is 7.79. The zero-order valence-electron chi connectivity index (χ0n) is 13.2. The molecule has 2 aliphatic rings. The lowest BCUT2D eigenvalue weighted by molar-refractivity contribution is -0.138. The number of carboxylic acids is 1. The molecule has 6 heteroatoms. The van der Waals surface area contributed by atoms with Crippen LogP contribution in [-0.4, -0.2) is 52.7 Å². The van der Waals surface area contributed by atoms with Crippen LogP contribution in [0.1, 0.15) is 52.4 Å². The molecule has 21 heavy (non-hydrogen) atoms. The Labute approximate surface area is 126 Å². The Bertz CT molecular complexity index is 397. The molecule has 120 valence electrons. The molecule has 3 N–H and O–H groups in total. The lowest BCUT2D eigenvalue weighted by Gasteiger charge is -2.47. The lowest BCUT2D eigenvalue weighted by Crippen LogP contribution is -2.58. The van der Waals surface area contributed by atoms with Crippen LogP contribution < -0.4 is 10.6 Å². The molecule has 6 nitrogen and oxygen atoms in total. The SMILES string of the molecule is CN1C2CCCC1CC(NC(=O)NC(C)(C)CC(=O)O)C2. The molecule has 0 saturated carbocycles. The van der Waals surface area contributed by atoms with Crippen LogP contribution in [0, 0.1) is 0 Å². The van der Waals surface area contributed by atoms with Crippen molar-refractivity contribution in [2.45, 2.75) is 76.0 Å². The minimum atomic E-state index is -0.908. The van der Waals surface area contributed by atoms with Gasteiger partial charge in [0.2, 0.25) is 0 Å². The molecule has 0 spiro atoms. The highest BCUT2D eigenvalue weighted by Crippen LogP contribution is 2.32. The van der Waals surface area contributed by atoms with E-state index >= 15 is 0 Å². The van der Waals surface area contributed by atoms with E-state index < -0.39 is 11.5 Å². The van der Waals surface area contributed by atoms with Crippen LogP contribution in [0.5, 0.6) is 0 Å². The van der Waals surface area contributed by atoms with Crippen LogP contribution >= 0.6 is 0 Å². The van der Waals surface area contributed by atoms with Crippen molar-refractivity contribution in [3.8, 4) is 0 Å². The van der Waals surface area contributed by atoms with Crippen LogP contribution in [0.3, 0.4) is 0 Å². The van der Waals surface area contributed by atoms with Crippen LogP contribution in [-0.2, 0) is 4.79 Å². The maximum absolute atomic E-state index is 12.1. The predicted octanol–water partition coefficient (Wildman–Crippen LogP) is 1.55. The van der Waals surface area contributed by atoms with Crippen molar-refractivity contribution in [1.29, 1.82) is 0 Å². The van der Waals surface area contributed by atoms with Crippen molar-refractivity contribution in [3.05, 3.63) is 0 Å². The van der Waals surface area contributed by atoms with Gasteiger partial charge in [-0.3, -0.25) is 4.79 Å². The van der Waals surface area contributed by atoms with E-state index in [-0.39, 0.29) is 18.5 Å². The highest BCUT2D eigenvalue weighted by molar-refractivity contribution is 5.76. The zero-order chi connectivity index (χ0) is 15.6. The molecule has 0 aromatic rings. The Hall–Kier alpha value is -1.30. The van der Waals surface area contributed by atoms with E-state index in [4.69, 9.17) is 5.11 Å². The van der Waals surface area contributed by atoms with Crippen molar-refractivity contribution in [2.75, 3.05) is 7.05 Å². The van der Waals surface area contributed by atoms with Gasteiger partial charge >= 0.3 is 12.0 Å². The van der Waals surface area contributed by atoms with Crippen LogP contribution in [0.4, 0.5) is 4.79 Å². The van der Waals surface area contributed by atoms with Crippen molar-refractivity contribution < 1.29 is 14.7 Å². The number of amides is 2. The first-order valence-corrected chi connectivity index (χ1v) is 7.79. The van der Waals surface area contributed by atoms with Gasteiger partial charge in [0.1, 0.15) is 0 Å². The Morgan fingerprint density at radius 3 is 2.33 bits per heavy atom. The molecule has 2 bridgehead atoms. The number of hydrogen-bond acceptors (Lipinski definition) is 3. The summed E-state index contributed by atoms with van der Waals surface area (Å²) in [6.07, 6.45) is 5.58. The molecular weight excluding hydrogens is 270 g/mol. The number of carbonyl (C=O) groups excluding carboxylic acids is 1. The second kappa shape index (κ2) is 6.22. The number of piperidine rings is 2. The predicted molar refractivity (Wildman–Crippen MR) is 80.2 cm³/mol. The summed E-state index contributed by atoms with van der Waals surface area (Å²) in [5.74, 6) is -0.908. The number of nitrogens with one attached hydrogen (secondary N) is 2. The van der Waals surface area contributed by atoms with Gasteiger partial charge in [-0.05, 0) is 46.6 Å². The first-order chi connectivity index (χ1) is 9.77. The van der Waals surface area contributed by atoms with Gasteiger partial charge in [-0.15, -0.1) is 0 Å². The minimum absolute atomic E-state index is 0.0843. The lowest BCUT2D eigenvalue weighted by atomic mass is 9.82.